The molecular formula is C15H19ClN2O3. The first-order valence-corrected chi connectivity index (χ1v) is 7.45. The minimum absolute atomic E-state index is 0.100. The molecule has 0 aliphatic heterocycles. The Morgan fingerprint density at radius 1 is 1.29 bits per heavy atom. The third kappa shape index (κ3) is 3.88. The quantitative estimate of drug-likeness (QED) is 0.779. The van der Waals surface area contributed by atoms with E-state index in [1.165, 1.54) is 12.1 Å². The molecule has 4 N–H and O–H groups in total. The average Bonchev–Trinajstić information content (AvgIpc) is 2.46. The lowest BCUT2D eigenvalue weighted by Gasteiger charge is -2.29. The zero-order valence-electron chi connectivity index (χ0n) is 11.6. The number of primary amides is 1. The highest BCUT2D eigenvalue weighted by atomic mass is 35.5. The van der Waals surface area contributed by atoms with E-state index in [2.05, 4.69) is 5.32 Å². The number of nitrogens with one attached hydrogen (secondary N) is 1. The van der Waals surface area contributed by atoms with Crippen molar-refractivity contribution in [2.45, 2.75) is 38.1 Å². The fourth-order valence-corrected chi connectivity index (χ4v) is 3.04. The summed E-state index contributed by atoms with van der Waals surface area (Å²) in [4.78, 5) is 22.6. The summed E-state index contributed by atoms with van der Waals surface area (Å²) in [6.45, 7) is 0. The lowest BCUT2D eigenvalue weighted by atomic mass is 9.84. The van der Waals surface area contributed by atoms with Crippen LogP contribution in [0.15, 0.2) is 18.2 Å². The number of halogens is 1. The van der Waals surface area contributed by atoms with Gasteiger partial charge in [0.2, 0.25) is 5.91 Å². The van der Waals surface area contributed by atoms with Gasteiger partial charge in [0.15, 0.2) is 0 Å². The highest BCUT2D eigenvalue weighted by molar-refractivity contribution is 6.33. The second-order valence-electron chi connectivity index (χ2n) is 5.42. The van der Waals surface area contributed by atoms with Crippen molar-refractivity contribution in [2.75, 3.05) is 5.32 Å². The van der Waals surface area contributed by atoms with Crippen molar-refractivity contribution >= 4 is 29.2 Å². The number of anilines is 1. The third-order valence-electron chi connectivity index (χ3n) is 3.95. The van der Waals surface area contributed by atoms with Crippen LogP contribution < -0.4 is 11.1 Å². The van der Waals surface area contributed by atoms with Gasteiger partial charge < -0.3 is 16.2 Å². The molecule has 1 atom stereocenters. The molecule has 114 valence electrons. The Hall–Kier alpha value is -1.75. The molecule has 0 heterocycles. The fraction of sp³-hybridized carbons (Fsp3) is 0.467. The highest BCUT2D eigenvalue weighted by Gasteiger charge is 2.29. The lowest BCUT2D eigenvalue weighted by Crippen LogP contribution is -2.38. The summed E-state index contributed by atoms with van der Waals surface area (Å²) in [6, 6.07) is 3.92. The summed E-state index contributed by atoms with van der Waals surface area (Å²) < 4.78 is 0. The Kier molecular flexibility index (Phi) is 5.07. The number of nitrogens with two attached hydrogens (primary N) is 1. The van der Waals surface area contributed by atoms with Crippen LogP contribution in [0, 0.1) is 5.92 Å². The molecule has 5 nitrogen and oxygen atoms in total. The van der Waals surface area contributed by atoms with Crippen LogP contribution in [0.25, 0.3) is 0 Å². The predicted octanol–water partition coefficient (Wildman–Crippen LogP) is 2.88. The number of carbonyl (C=O) groups excluding carboxylic acids is 1. The number of carboxylic acid groups (broad SMARTS) is 1. The van der Waals surface area contributed by atoms with Crippen LogP contribution in [0.3, 0.4) is 0 Å². The minimum atomic E-state index is -0.878. The highest BCUT2D eigenvalue weighted by Crippen LogP contribution is 2.30. The summed E-state index contributed by atoms with van der Waals surface area (Å²) in [5.41, 5.74) is 6.00. The summed E-state index contributed by atoms with van der Waals surface area (Å²) in [6.07, 6.45) is 5.09. The lowest BCUT2D eigenvalue weighted by molar-refractivity contribution is -0.139. The van der Waals surface area contributed by atoms with E-state index in [1.54, 1.807) is 6.07 Å². The second kappa shape index (κ2) is 6.80. The number of carboxylic acids is 1. The molecule has 0 aromatic heterocycles. The molecule has 1 aliphatic carbocycles. The molecule has 0 bridgehead atoms. The van der Waals surface area contributed by atoms with E-state index >= 15 is 0 Å². The number of amides is 1. The molecule has 1 unspecified atom stereocenters. The second-order valence-corrected chi connectivity index (χ2v) is 5.82. The van der Waals surface area contributed by atoms with Crippen molar-refractivity contribution in [1.29, 1.82) is 0 Å². The number of hydrogen-bond acceptors (Lipinski definition) is 3. The van der Waals surface area contributed by atoms with Crippen molar-refractivity contribution < 1.29 is 14.7 Å². The van der Waals surface area contributed by atoms with E-state index in [4.69, 9.17) is 17.3 Å². The van der Waals surface area contributed by atoms with E-state index in [9.17, 15) is 14.7 Å². The van der Waals surface area contributed by atoms with Gasteiger partial charge in [-0.1, -0.05) is 30.9 Å². The molecule has 1 fully saturated rings. The minimum Gasteiger partial charge on any atom is -0.480 e. The molecule has 0 spiro atoms. The number of benzene rings is 1. The molecule has 1 amide bonds. The van der Waals surface area contributed by atoms with Gasteiger partial charge in [0.25, 0.3) is 0 Å². The van der Waals surface area contributed by atoms with E-state index < -0.39 is 17.9 Å². The first-order valence-electron chi connectivity index (χ1n) is 7.07. The third-order valence-corrected chi connectivity index (χ3v) is 4.26. The van der Waals surface area contributed by atoms with Crippen molar-refractivity contribution in [2.24, 2.45) is 11.7 Å². The average molecular weight is 311 g/mol. The first-order chi connectivity index (χ1) is 9.99. The number of carbonyl (C=O) groups is 2. The molecule has 1 aliphatic rings. The van der Waals surface area contributed by atoms with Crippen LogP contribution >= 0.6 is 11.6 Å². The topological polar surface area (TPSA) is 92.4 Å². The van der Waals surface area contributed by atoms with E-state index in [-0.39, 0.29) is 5.92 Å². The standard InChI is InChI=1S/C15H19ClN2O3/c16-11-8-10(14(17)19)6-7-12(11)18-13(15(20)21)9-4-2-1-3-5-9/h6-9,13,18H,1-5H2,(H2,17,19)(H,20,21). The Balaban J connectivity index is 2.16. The van der Waals surface area contributed by atoms with Gasteiger partial charge in [-0.25, -0.2) is 4.79 Å². The molecule has 0 radical (unpaired) electrons. The van der Waals surface area contributed by atoms with Gasteiger partial charge in [-0.3, -0.25) is 4.79 Å². The number of hydrogen-bond donors (Lipinski definition) is 3. The smallest absolute Gasteiger partial charge is 0.326 e. The van der Waals surface area contributed by atoms with E-state index in [0.29, 0.717) is 16.3 Å². The predicted molar refractivity (Wildman–Crippen MR) is 81.6 cm³/mol. The van der Waals surface area contributed by atoms with Gasteiger partial charge >= 0.3 is 5.97 Å². The van der Waals surface area contributed by atoms with Crippen molar-refractivity contribution in [3.63, 3.8) is 0 Å². The summed E-state index contributed by atoms with van der Waals surface area (Å²) in [7, 11) is 0. The number of aliphatic carboxylic acids is 1. The maximum Gasteiger partial charge on any atom is 0.326 e. The van der Waals surface area contributed by atoms with Crippen molar-refractivity contribution in [3.8, 4) is 0 Å². The summed E-state index contributed by atoms with van der Waals surface area (Å²) in [5.74, 6) is -1.34. The van der Waals surface area contributed by atoms with Gasteiger partial charge in [0.1, 0.15) is 6.04 Å². The zero-order chi connectivity index (χ0) is 15.4. The fourth-order valence-electron chi connectivity index (χ4n) is 2.80. The first kappa shape index (κ1) is 15.6. The van der Waals surface area contributed by atoms with Gasteiger partial charge in [-0.05, 0) is 37.0 Å². The van der Waals surface area contributed by atoms with E-state index in [0.717, 1.165) is 32.1 Å². The Bertz CT molecular complexity index is 542. The summed E-state index contributed by atoms with van der Waals surface area (Å²) in [5, 5.41) is 12.7. The van der Waals surface area contributed by atoms with Gasteiger partial charge in [0, 0.05) is 5.56 Å². The Morgan fingerprint density at radius 2 is 1.95 bits per heavy atom. The van der Waals surface area contributed by atoms with Gasteiger partial charge in [0.05, 0.1) is 10.7 Å². The molecule has 0 saturated heterocycles. The van der Waals surface area contributed by atoms with Crippen LogP contribution in [-0.4, -0.2) is 23.0 Å². The normalized spacial score (nSPS) is 17.2. The maximum absolute atomic E-state index is 11.5. The Labute approximate surface area is 128 Å². The summed E-state index contributed by atoms with van der Waals surface area (Å²) >= 11 is 6.10. The molecule has 2 rings (SSSR count). The molecule has 21 heavy (non-hydrogen) atoms. The van der Waals surface area contributed by atoms with Crippen LogP contribution in [0.5, 0.6) is 0 Å². The molecule has 6 heteroatoms. The SMILES string of the molecule is NC(=O)c1ccc(NC(C(=O)O)C2CCCCC2)c(Cl)c1. The molecular weight excluding hydrogens is 292 g/mol. The molecule has 1 saturated carbocycles. The molecule has 1 aromatic carbocycles. The van der Waals surface area contributed by atoms with Crippen LogP contribution in [0.2, 0.25) is 5.02 Å². The van der Waals surface area contributed by atoms with Crippen LogP contribution in [0.4, 0.5) is 5.69 Å². The largest absolute Gasteiger partial charge is 0.480 e. The zero-order valence-corrected chi connectivity index (χ0v) is 12.4. The Morgan fingerprint density at radius 3 is 2.48 bits per heavy atom. The van der Waals surface area contributed by atoms with Gasteiger partial charge in [-0.2, -0.15) is 0 Å². The van der Waals surface area contributed by atoms with Crippen LogP contribution in [-0.2, 0) is 4.79 Å². The van der Waals surface area contributed by atoms with E-state index in [1.807, 2.05) is 0 Å². The van der Waals surface area contributed by atoms with Crippen molar-refractivity contribution in [1.82, 2.24) is 0 Å². The monoisotopic (exact) mass is 310 g/mol. The number of rotatable bonds is 5. The van der Waals surface area contributed by atoms with Crippen LogP contribution in [0.1, 0.15) is 42.5 Å². The van der Waals surface area contributed by atoms with Gasteiger partial charge in [-0.15, -0.1) is 0 Å². The van der Waals surface area contributed by atoms with Crippen molar-refractivity contribution in [3.05, 3.63) is 28.8 Å². The molecule has 1 aromatic rings. The maximum atomic E-state index is 11.5.